The molecule has 53 heavy (non-hydrogen) atoms. The first-order chi connectivity index (χ1) is 24.6. The smallest absolute Gasteiger partial charge is 0.410 e. The number of sulfonamides is 1. The Morgan fingerprint density at radius 1 is 1.09 bits per heavy atom. The quantitative estimate of drug-likeness (QED) is 0.171. The summed E-state index contributed by atoms with van der Waals surface area (Å²) in [5.74, 6) is -0.237. The Labute approximate surface area is 312 Å². The van der Waals surface area contributed by atoms with E-state index in [1.54, 1.807) is 11.0 Å². The molecule has 5 rings (SSSR count). The Morgan fingerprint density at radius 2 is 1.81 bits per heavy atom. The number of carbonyl (C=O) groups is 2. The number of nitrogens with one attached hydrogen (secondary N) is 2. The zero-order valence-corrected chi connectivity index (χ0v) is 32.0. The SMILES string of the molecule is CC(CCC1CN(C(=O)OC(C)(C)C)C(C)(C)C1)Nc1cccc(S(=O)(=O)NC(=O)c2ccc(-n3ccc(OCCC4(C(F)(F)F)CC4)n3)nc2Cl)n1. The summed E-state index contributed by atoms with van der Waals surface area (Å²) < 4.78 is 80.1. The molecule has 3 aromatic heterocycles. The van der Waals surface area contributed by atoms with Gasteiger partial charge in [0.2, 0.25) is 5.88 Å². The lowest BCUT2D eigenvalue weighted by molar-refractivity contribution is -0.190. The Bertz CT molecular complexity index is 1930. The van der Waals surface area contributed by atoms with Crippen LogP contribution >= 0.6 is 11.6 Å². The molecule has 18 heteroatoms. The van der Waals surface area contributed by atoms with E-state index in [2.05, 4.69) is 20.4 Å². The molecule has 0 bridgehead atoms. The minimum atomic E-state index is -4.42. The molecular formula is C35H45ClF3N7O6S. The number of rotatable bonds is 13. The van der Waals surface area contributed by atoms with Gasteiger partial charge < -0.3 is 19.7 Å². The predicted octanol–water partition coefficient (Wildman–Crippen LogP) is 7.16. The molecule has 2 atom stereocenters. The average molecular weight is 784 g/mol. The van der Waals surface area contributed by atoms with Crippen LogP contribution in [0.2, 0.25) is 5.15 Å². The highest BCUT2D eigenvalue weighted by Crippen LogP contribution is 2.59. The fourth-order valence-electron chi connectivity index (χ4n) is 6.31. The van der Waals surface area contributed by atoms with E-state index in [-0.39, 0.29) is 76.9 Å². The van der Waals surface area contributed by atoms with Crippen molar-refractivity contribution in [1.29, 1.82) is 0 Å². The maximum Gasteiger partial charge on any atom is 0.410 e. The van der Waals surface area contributed by atoms with Gasteiger partial charge in [-0.15, -0.1) is 5.10 Å². The molecule has 2 N–H and O–H groups in total. The molecule has 0 radical (unpaired) electrons. The number of nitrogens with zero attached hydrogens (tertiary/aromatic N) is 5. The minimum Gasteiger partial charge on any atom is -0.477 e. The second-order valence-corrected chi connectivity index (χ2v) is 17.4. The third-order valence-electron chi connectivity index (χ3n) is 9.37. The highest BCUT2D eigenvalue weighted by atomic mass is 35.5. The number of halogens is 4. The predicted molar refractivity (Wildman–Crippen MR) is 191 cm³/mol. The van der Waals surface area contributed by atoms with Crippen molar-refractivity contribution in [2.45, 2.75) is 108 Å². The largest absolute Gasteiger partial charge is 0.477 e. The third kappa shape index (κ3) is 9.90. The van der Waals surface area contributed by atoms with Gasteiger partial charge in [-0.25, -0.2) is 24.2 Å². The molecule has 1 aliphatic carbocycles. The molecule has 0 spiro atoms. The van der Waals surface area contributed by atoms with Crippen LogP contribution in [0.1, 0.15) is 90.4 Å². The second kappa shape index (κ2) is 15.0. The molecule has 1 saturated carbocycles. The number of pyridine rings is 2. The molecule has 3 aromatic rings. The number of ether oxygens (including phenoxy) is 2. The number of anilines is 1. The number of amides is 2. The van der Waals surface area contributed by atoms with Gasteiger partial charge in [0.15, 0.2) is 10.8 Å². The molecule has 2 aliphatic rings. The van der Waals surface area contributed by atoms with Crippen molar-refractivity contribution >= 4 is 39.4 Å². The van der Waals surface area contributed by atoms with Crippen molar-refractivity contribution in [3.05, 3.63) is 53.3 Å². The fraction of sp³-hybridized carbons (Fsp3) is 0.571. The van der Waals surface area contributed by atoms with Gasteiger partial charge in [0.05, 0.1) is 17.6 Å². The van der Waals surface area contributed by atoms with E-state index in [4.69, 9.17) is 21.1 Å². The third-order valence-corrected chi connectivity index (χ3v) is 10.9. The first-order valence-electron chi connectivity index (χ1n) is 17.3. The van der Waals surface area contributed by atoms with E-state index in [0.29, 0.717) is 12.4 Å². The van der Waals surface area contributed by atoms with Crippen molar-refractivity contribution in [1.82, 2.24) is 29.4 Å². The minimum absolute atomic E-state index is 0.0805. The van der Waals surface area contributed by atoms with Crippen LogP contribution < -0.4 is 14.8 Å². The number of carbonyl (C=O) groups excluding carboxylic acids is 2. The standard InChI is InChI=1S/C35H45ClF3N7O6S/c1-22(10-11-23-20-33(5,6)45(21-23)31(48)52-32(2,3)4)40-25-8-7-9-28(41-25)53(49,50)44-30(47)24-12-13-26(42-29(24)36)46-18-14-27(43-46)51-19-17-34(15-16-34)35(37,38)39/h7-9,12-14,18,22-23H,10-11,15-17,19-21H2,1-6H3,(H,40,41)(H,44,47). The number of hydrogen-bond acceptors (Lipinski definition) is 10. The molecule has 0 aromatic carbocycles. The van der Waals surface area contributed by atoms with Gasteiger partial charge in [-0.2, -0.15) is 21.6 Å². The highest BCUT2D eigenvalue weighted by molar-refractivity contribution is 7.90. The van der Waals surface area contributed by atoms with Gasteiger partial charge >= 0.3 is 12.3 Å². The van der Waals surface area contributed by atoms with Crippen LogP contribution in [0.4, 0.5) is 23.8 Å². The first-order valence-corrected chi connectivity index (χ1v) is 19.2. The molecule has 13 nitrogen and oxygen atoms in total. The molecule has 2 unspecified atom stereocenters. The van der Waals surface area contributed by atoms with E-state index in [9.17, 15) is 31.2 Å². The van der Waals surface area contributed by atoms with Gasteiger partial charge in [-0.05, 0) is 110 Å². The van der Waals surface area contributed by atoms with E-state index in [1.807, 2.05) is 46.3 Å². The van der Waals surface area contributed by atoms with Gasteiger partial charge in [0.1, 0.15) is 16.6 Å². The van der Waals surface area contributed by atoms with Crippen molar-refractivity contribution < 1.29 is 40.7 Å². The maximum absolute atomic E-state index is 13.2. The van der Waals surface area contributed by atoms with Crippen molar-refractivity contribution in [3.63, 3.8) is 0 Å². The monoisotopic (exact) mass is 783 g/mol. The van der Waals surface area contributed by atoms with Gasteiger partial charge in [0, 0.05) is 30.4 Å². The Kier molecular flexibility index (Phi) is 11.3. The van der Waals surface area contributed by atoms with E-state index in [1.165, 1.54) is 41.2 Å². The molecule has 1 saturated heterocycles. The molecule has 290 valence electrons. The van der Waals surface area contributed by atoms with E-state index in [0.717, 1.165) is 19.3 Å². The lowest BCUT2D eigenvalue weighted by atomic mass is 9.92. The van der Waals surface area contributed by atoms with Crippen LogP contribution in [0.5, 0.6) is 5.88 Å². The summed E-state index contributed by atoms with van der Waals surface area (Å²) >= 11 is 6.27. The summed E-state index contributed by atoms with van der Waals surface area (Å²) in [4.78, 5) is 35.9. The summed E-state index contributed by atoms with van der Waals surface area (Å²) in [6.07, 6.45) is -0.781. The van der Waals surface area contributed by atoms with Crippen LogP contribution in [-0.2, 0) is 14.8 Å². The highest BCUT2D eigenvalue weighted by Gasteiger charge is 2.62. The number of likely N-dealkylation sites (tertiary alicyclic amines) is 1. The molecule has 1 aliphatic heterocycles. The average Bonchev–Trinajstić information content (AvgIpc) is 3.58. The van der Waals surface area contributed by atoms with Gasteiger partial charge in [0.25, 0.3) is 15.9 Å². The number of alkyl halides is 3. The topological polar surface area (TPSA) is 158 Å². The number of hydrogen-bond donors (Lipinski definition) is 2. The summed E-state index contributed by atoms with van der Waals surface area (Å²) in [5.41, 5.74) is -2.84. The summed E-state index contributed by atoms with van der Waals surface area (Å²) in [5, 5.41) is 6.67. The fourth-order valence-corrected chi connectivity index (χ4v) is 7.48. The molecular weight excluding hydrogens is 739 g/mol. The summed E-state index contributed by atoms with van der Waals surface area (Å²) in [6.45, 7) is 11.9. The van der Waals surface area contributed by atoms with Crippen molar-refractivity contribution in [2.75, 3.05) is 18.5 Å². The molecule has 4 heterocycles. The Morgan fingerprint density at radius 3 is 2.45 bits per heavy atom. The Balaban J connectivity index is 1.13. The van der Waals surface area contributed by atoms with Crippen LogP contribution in [0.15, 0.2) is 47.6 Å². The molecule has 2 amide bonds. The normalized spacial score (nSPS) is 18.7. The van der Waals surface area contributed by atoms with E-state index >= 15 is 0 Å². The van der Waals surface area contributed by atoms with Crippen LogP contribution in [0.3, 0.4) is 0 Å². The van der Waals surface area contributed by atoms with Crippen LogP contribution in [0, 0.1) is 11.3 Å². The van der Waals surface area contributed by atoms with E-state index < -0.39 is 33.1 Å². The van der Waals surface area contributed by atoms with Crippen molar-refractivity contribution in [2.24, 2.45) is 11.3 Å². The molecule has 2 fully saturated rings. The maximum atomic E-state index is 13.2. The second-order valence-electron chi connectivity index (χ2n) is 15.4. The zero-order valence-electron chi connectivity index (χ0n) is 30.5. The lowest BCUT2D eigenvalue weighted by Gasteiger charge is -2.33. The van der Waals surface area contributed by atoms with Gasteiger partial charge in [-0.3, -0.25) is 4.79 Å². The van der Waals surface area contributed by atoms with Crippen LogP contribution in [0.25, 0.3) is 5.82 Å². The van der Waals surface area contributed by atoms with Crippen molar-refractivity contribution in [3.8, 4) is 11.7 Å². The lowest BCUT2D eigenvalue weighted by Crippen LogP contribution is -2.45. The first kappa shape index (κ1) is 40.1. The number of aromatic nitrogens is 4. The zero-order chi connectivity index (χ0) is 39.0. The van der Waals surface area contributed by atoms with Crippen LogP contribution in [-0.4, -0.2) is 81.6 Å². The van der Waals surface area contributed by atoms with Gasteiger partial charge in [-0.1, -0.05) is 17.7 Å². The summed E-state index contributed by atoms with van der Waals surface area (Å²) in [6, 6.07) is 8.39. The Hall–Kier alpha value is -4.12. The summed E-state index contributed by atoms with van der Waals surface area (Å²) in [7, 11) is -4.42.